The van der Waals surface area contributed by atoms with Gasteiger partial charge in [0.15, 0.2) is 0 Å². The molecule has 6 nitrogen and oxygen atoms in total. The van der Waals surface area contributed by atoms with E-state index in [1.807, 2.05) is 6.92 Å². The minimum absolute atomic E-state index is 0.0375. The number of hydrogen-bond donors (Lipinski definition) is 2. The van der Waals surface area contributed by atoms with Gasteiger partial charge in [-0.3, -0.25) is 4.79 Å². The molecule has 0 fully saturated rings. The molecular weight excluding hydrogens is 280 g/mol. The Labute approximate surface area is 119 Å². The zero-order chi connectivity index (χ0) is 15.0. The van der Waals surface area contributed by atoms with E-state index in [0.717, 1.165) is 6.42 Å². The summed E-state index contributed by atoms with van der Waals surface area (Å²) in [5, 5.41) is 7.74. The van der Waals surface area contributed by atoms with Crippen LogP contribution < -0.4 is 10.5 Å². The van der Waals surface area contributed by atoms with Crippen molar-refractivity contribution in [1.82, 2.24) is 5.32 Å². The van der Waals surface area contributed by atoms with E-state index < -0.39 is 10.0 Å². The van der Waals surface area contributed by atoms with Gasteiger partial charge in [0.2, 0.25) is 15.9 Å². The molecule has 0 heterocycles. The molecule has 0 spiro atoms. The van der Waals surface area contributed by atoms with E-state index in [2.05, 4.69) is 5.32 Å². The lowest BCUT2D eigenvalue weighted by Gasteiger charge is -2.07. The van der Waals surface area contributed by atoms with Crippen LogP contribution in [0.5, 0.6) is 0 Å². The molecule has 7 heteroatoms. The van der Waals surface area contributed by atoms with Crippen molar-refractivity contribution < 1.29 is 17.9 Å². The summed E-state index contributed by atoms with van der Waals surface area (Å²) in [5.74, 6) is -0.137. The normalized spacial score (nSPS) is 11.3. The van der Waals surface area contributed by atoms with Crippen LogP contribution in [0.15, 0.2) is 29.2 Å². The van der Waals surface area contributed by atoms with Crippen molar-refractivity contribution in [3.8, 4) is 0 Å². The molecule has 0 bridgehead atoms. The summed E-state index contributed by atoms with van der Waals surface area (Å²) in [6, 6.07) is 6.18. The number of rotatable bonds is 8. The highest BCUT2D eigenvalue weighted by atomic mass is 32.2. The Morgan fingerprint density at radius 2 is 2.10 bits per heavy atom. The van der Waals surface area contributed by atoms with Crippen molar-refractivity contribution in [2.75, 3.05) is 13.2 Å². The number of ether oxygens (including phenoxy) is 1. The van der Waals surface area contributed by atoms with Crippen molar-refractivity contribution >= 4 is 15.9 Å². The van der Waals surface area contributed by atoms with Crippen LogP contribution in [-0.2, 0) is 26.1 Å². The van der Waals surface area contributed by atoms with Gasteiger partial charge in [0, 0.05) is 19.6 Å². The van der Waals surface area contributed by atoms with E-state index in [4.69, 9.17) is 9.88 Å². The van der Waals surface area contributed by atoms with Gasteiger partial charge in [-0.2, -0.15) is 0 Å². The lowest BCUT2D eigenvalue weighted by atomic mass is 10.2. The number of benzene rings is 1. The fourth-order valence-corrected chi connectivity index (χ4v) is 2.12. The monoisotopic (exact) mass is 300 g/mol. The first kappa shape index (κ1) is 16.6. The summed E-state index contributed by atoms with van der Waals surface area (Å²) in [7, 11) is -3.72. The molecule has 1 aromatic carbocycles. The third-order valence-electron chi connectivity index (χ3n) is 2.54. The largest absolute Gasteiger partial charge is 0.381 e. The number of carbonyl (C=O) groups is 1. The molecule has 0 radical (unpaired) electrons. The zero-order valence-electron chi connectivity index (χ0n) is 11.5. The van der Waals surface area contributed by atoms with Gasteiger partial charge >= 0.3 is 0 Å². The fraction of sp³-hybridized carbons (Fsp3) is 0.462. The summed E-state index contributed by atoms with van der Waals surface area (Å²) in [5.41, 5.74) is 0.680. The molecule has 0 unspecified atom stereocenters. The van der Waals surface area contributed by atoms with Crippen molar-refractivity contribution in [3.05, 3.63) is 29.8 Å². The Hall–Kier alpha value is -1.44. The van der Waals surface area contributed by atoms with Gasteiger partial charge in [0.1, 0.15) is 0 Å². The van der Waals surface area contributed by atoms with Crippen LogP contribution in [0.25, 0.3) is 0 Å². The summed E-state index contributed by atoms with van der Waals surface area (Å²) in [4.78, 5) is 11.6. The summed E-state index contributed by atoms with van der Waals surface area (Å²) in [6.07, 6.45) is 1.21. The van der Waals surface area contributed by atoms with Crippen molar-refractivity contribution in [2.24, 2.45) is 5.14 Å². The molecule has 0 atom stereocenters. The smallest absolute Gasteiger partial charge is 0.238 e. The number of carbonyl (C=O) groups excluding carboxylic acids is 1. The molecule has 3 N–H and O–H groups in total. The molecule has 0 saturated carbocycles. The van der Waals surface area contributed by atoms with E-state index in [0.29, 0.717) is 18.8 Å². The first-order chi connectivity index (χ1) is 9.43. The average molecular weight is 300 g/mol. The van der Waals surface area contributed by atoms with Crippen molar-refractivity contribution in [1.29, 1.82) is 0 Å². The van der Waals surface area contributed by atoms with Gasteiger partial charge in [-0.25, -0.2) is 13.6 Å². The molecule has 1 amide bonds. The predicted octanol–water partition coefficient (Wildman–Crippen LogP) is 0.767. The quantitative estimate of drug-likeness (QED) is 0.693. The molecule has 20 heavy (non-hydrogen) atoms. The predicted molar refractivity (Wildman–Crippen MR) is 75.4 cm³/mol. The molecule has 0 aromatic heterocycles. The van der Waals surface area contributed by atoms with Crippen LogP contribution >= 0.6 is 0 Å². The van der Waals surface area contributed by atoms with Crippen molar-refractivity contribution in [2.45, 2.75) is 31.2 Å². The van der Waals surface area contributed by atoms with E-state index in [-0.39, 0.29) is 23.8 Å². The van der Waals surface area contributed by atoms with Gasteiger partial charge < -0.3 is 10.1 Å². The van der Waals surface area contributed by atoms with E-state index in [9.17, 15) is 13.2 Å². The standard InChI is InChI=1S/C13H20N2O4S/c1-2-7-19-8-6-13(16)15-10-11-4-3-5-12(9-11)20(14,17)18/h3-5,9H,2,6-8,10H2,1H3,(H,15,16)(H2,14,17,18). The van der Waals surface area contributed by atoms with Crippen LogP contribution in [0, 0.1) is 0 Å². The van der Waals surface area contributed by atoms with E-state index in [1.54, 1.807) is 12.1 Å². The minimum atomic E-state index is -3.72. The Morgan fingerprint density at radius 3 is 2.75 bits per heavy atom. The van der Waals surface area contributed by atoms with Gasteiger partial charge in [0.25, 0.3) is 0 Å². The number of hydrogen-bond acceptors (Lipinski definition) is 4. The maximum absolute atomic E-state index is 11.5. The molecule has 1 aromatic rings. The van der Waals surface area contributed by atoms with Gasteiger partial charge in [0.05, 0.1) is 11.5 Å². The summed E-state index contributed by atoms with van der Waals surface area (Å²) >= 11 is 0. The van der Waals surface area contributed by atoms with Crippen LogP contribution in [0.3, 0.4) is 0 Å². The molecule has 1 rings (SSSR count). The molecule has 0 aliphatic carbocycles. The molecule has 0 aliphatic rings. The lowest BCUT2D eigenvalue weighted by Crippen LogP contribution is -2.24. The van der Waals surface area contributed by atoms with E-state index >= 15 is 0 Å². The molecular formula is C13H20N2O4S. The van der Waals surface area contributed by atoms with Gasteiger partial charge in [-0.15, -0.1) is 0 Å². The first-order valence-corrected chi connectivity index (χ1v) is 7.94. The van der Waals surface area contributed by atoms with Crippen LogP contribution in [0.4, 0.5) is 0 Å². The van der Waals surface area contributed by atoms with E-state index in [1.165, 1.54) is 12.1 Å². The Kier molecular flexibility index (Phi) is 6.63. The summed E-state index contributed by atoms with van der Waals surface area (Å²) in [6.45, 7) is 3.29. The molecule has 112 valence electrons. The average Bonchev–Trinajstić information content (AvgIpc) is 2.41. The fourth-order valence-electron chi connectivity index (χ4n) is 1.53. The highest BCUT2D eigenvalue weighted by Gasteiger charge is 2.08. The second-order valence-electron chi connectivity index (χ2n) is 4.33. The summed E-state index contributed by atoms with van der Waals surface area (Å²) < 4.78 is 27.6. The number of sulfonamides is 1. The SMILES string of the molecule is CCCOCCC(=O)NCc1cccc(S(N)(=O)=O)c1. The molecule has 0 saturated heterocycles. The minimum Gasteiger partial charge on any atom is -0.381 e. The topological polar surface area (TPSA) is 98.5 Å². The highest BCUT2D eigenvalue weighted by Crippen LogP contribution is 2.09. The number of amides is 1. The third-order valence-corrected chi connectivity index (χ3v) is 3.45. The Morgan fingerprint density at radius 1 is 1.35 bits per heavy atom. The Bertz CT molecular complexity index is 543. The lowest BCUT2D eigenvalue weighted by molar-refractivity contribution is -0.122. The molecule has 0 aliphatic heterocycles. The van der Waals surface area contributed by atoms with Crippen LogP contribution in [0.2, 0.25) is 0 Å². The number of nitrogens with two attached hydrogens (primary N) is 1. The first-order valence-electron chi connectivity index (χ1n) is 6.39. The van der Waals surface area contributed by atoms with Crippen molar-refractivity contribution in [3.63, 3.8) is 0 Å². The van der Waals surface area contributed by atoms with Crippen LogP contribution in [0.1, 0.15) is 25.3 Å². The van der Waals surface area contributed by atoms with Gasteiger partial charge in [-0.05, 0) is 24.1 Å². The second kappa shape index (κ2) is 7.98. The number of nitrogens with one attached hydrogen (secondary N) is 1. The van der Waals surface area contributed by atoms with Crippen LogP contribution in [-0.4, -0.2) is 27.5 Å². The second-order valence-corrected chi connectivity index (χ2v) is 5.89. The number of primary sulfonamides is 1. The third kappa shape index (κ3) is 6.14. The van der Waals surface area contributed by atoms with Gasteiger partial charge in [-0.1, -0.05) is 19.1 Å². The maximum atomic E-state index is 11.5. The Balaban J connectivity index is 2.44. The maximum Gasteiger partial charge on any atom is 0.238 e. The zero-order valence-corrected chi connectivity index (χ0v) is 12.3. The highest BCUT2D eigenvalue weighted by molar-refractivity contribution is 7.89.